The summed E-state index contributed by atoms with van der Waals surface area (Å²) in [6.07, 6.45) is 1.59. The van der Waals surface area contributed by atoms with Crippen LogP contribution in [0.3, 0.4) is 0 Å². The summed E-state index contributed by atoms with van der Waals surface area (Å²) in [4.78, 5) is 32.1. The van der Waals surface area contributed by atoms with Gasteiger partial charge in [-0.15, -0.1) is 22.7 Å². The van der Waals surface area contributed by atoms with Gasteiger partial charge in [-0.05, 0) is 36.9 Å². The van der Waals surface area contributed by atoms with Crippen LogP contribution in [0.15, 0.2) is 52.9 Å². The topological polar surface area (TPSA) is 70.5 Å². The van der Waals surface area contributed by atoms with Crippen molar-refractivity contribution in [1.29, 1.82) is 0 Å². The second kappa shape index (κ2) is 6.75. The van der Waals surface area contributed by atoms with E-state index in [1.165, 1.54) is 27.6 Å². The molecule has 1 aliphatic rings. The molecule has 1 aliphatic heterocycles. The molecule has 136 valence electrons. The molecule has 7 heteroatoms. The van der Waals surface area contributed by atoms with E-state index in [0.29, 0.717) is 10.7 Å². The summed E-state index contributed by atoms with van der Waals surface area (Å²) in [5.74, 6) is -1.51. The quantitative estimate of drug-likeness (QED) is 0.403. The van der Waals surface area contributed by atoms with Crippen LogP contribution < -0.4 is 4.90 Å². The molecular formula is C20H16N2O3S2. The van der Waals surface area contributed by atoms with Crippen molar-refractivity contribution in [3.8, 4) is 0 Å². The number of thiazole rings is 1. The van der Waals surface area contributed by atoms with Gasteiger partial charge in [-0.1, -0.05) is 23.8 Å². The van der Waals surface area contributed by atoms with Crippen molar-refractivity contribution >= 4 is 45.3 Å². The van der Waals surface area contributed by atoms with E-state index in [9.17, 15) is 14.7 Å². The van der Waals surface area contributed by atoms with E-state index in [-0.39, 0.29) is 11.3 Å². The largest absolute Gasteiger partial charge is 0.507 e. The van der Waals surface area contributed by atoms with E-state index in [1.807, 2.05) is 49.6 Å². The third-order valence-corrected chi connectivity index (χ3v) is 6.23. The van der Waals surface area contributed by atoms with Crippen LogP contribution in [-0.4, -0.2) is 21.8 Å². The van der Waals surface area contributed by atoms with Crippen molar-refractivity contribution in [1.82, 2.24) is 4.98 Å². The van der Waals surface area contributed by atoms with Gasteiger partial charge in [0.2, 0.25) is 0 Å². The van der Waals surface area contributed by atoms with E-state index >= 15 is 0 Å². The summed E-state index contributed by atoms with van der Waals surface area (Å²) < 4.78 is 0. The molecule has 1 unspecified atom stereocenters. The Kier molecular flexibility index (Phi) is 4.41. The monoisotopic (exact) mass is 396 g/mol. The summed E-state index contributed by atoms with van der Waals surface area (Å²) in [5.41, 5.74) is 2.47. The first-order chi connectivity index (χ1) is 13.0. The van der Waals surface area contributed by atoms with Gasteiger partial charge in [0.05, 0.1) is 5.57 Å². The van der Waals surface area contributed by atoms with Gasteiger partial charge in [0.15, 0.2) is 5.13 Å². The molecule has 5 nitrogen and oxygen atoms in total. The molecule has 1 fully saturated rings. The number of hydrogen-bond donors (Lipinski definition) is 1. The fourth-order valence-electron chi connectivity index (χ4n) is 3.22. The van der Waals surface area contributed by atoms with Gasteiger partial charge in [-0.3, -0.25) is 14.5 Å². The van der Waals surface area contributed by atoms with E-state index < -0.39 is 17.7 Å². The number of thiophene rings is 1. The first kappa shape index (κ1) is 17.6. The van der Waals surface area contributed by atoms with E-state index in [2.05, 4.69) is 4.98 Å². The van der Waals surface area contributed by atoms with Crippen molar-refractivity contribution in [2.75, 3.05) is 4.90 Å². The highest BCUT2D eigenvalue weighted by Crippen LogP contribution is 2.44. The third-order valence-electron chi connectivity index (χ3n) is 4.53. The summed E-state index contributed by atoms with van der Waals surface area (Å²) >= 11 is 2.72. The fourth-order valence-corrected chi connectivity index (χ4v) is 4.71. The van der Waals surface area contributed by atoms with Crippen LogP contribution in [0.1, 0.15) is 27.6 Å². The van der Waals surface area contributed by atoms with Crippen LogP contribution in [0.25, 0.3) is 5.76 Å². The van der Waals surface area contributed by atoms with Crippen LogP contribution in [-0.2, 0) is 9.59 Å². The first-order valence-electron chi connectivity index (χ1n) is 8.30. The molecule has 0 bridgehead atoms. The fraction of sp³-hybridized carbons (Fsp3) is 0.150. The molecule has 3 aromatic rings. The number of nitrogens with zero attached hydrogens (tertiary/aromatic N) is 2. The number of aryl methyl sites for hydroxylation is 2. The molecule has 0 aliphatic carbocycles. The number of aliphatic hydroxyl groups is 1. The Labute approximate surface area is 164 Å². The zero-order chi connectivity index (χ0) is 19.1. The maximum absolute atomic E-state index is 12.9. The van der Waals surface area contributed by atoms with E-state index in [1.54, 1.807) is 11.6 Å². The average Bonchev–Trinajstić information content (AvgIpc) is 3.39. The molecule has 1 amide bonds. The molecular weight excluding hydrogens is 380 g/mol. The standard InChI is InChI=1S/C20H16N2O3S2/c1-11-5-6-12(2)13(10-11)17(23)15-16(14-4-3-8-26-14)22(19(25)18(15)24)20-21-7-9-27-20/h3-10,16,23H,1-2H3/b17-15+. The normalized spacial score (nSPS) is 19.0. The predicted octanol–water partition coefficient (Wildman–Crippen LogP) is 4.45. The summed E-state index contributed by atoms with van der Waals surface area (Å²) in [6, 6.07) is 8.69. The molecule has 1 saturated heterocycles. The average molecular weight is 396 g/mol. The number of anilines is 1. The number of hydrogen-bond acceptors (Lipinski definition) is 6. The lowest BCUT2D eigenvalue weighted by Gasteiger charge is -2.21. The molecule has 0 spiro atoms. The van der Waals surface area contributed by atoms with Crippen molar-refractivity contribution in [2.24, 2.45) is 0 Å². The Morgan fingerprint density at radius 3 is 2.63 bits per heavy atom. The lowest BCUT2D eigenvalue weighted by Crippen LogP contribution is -2.28. The second-order valence-electron chi connectivity index (χ2n) is 6.32. The van der Waals surface area contributed by atoms with E-state index in [4.69, 9.17) is 0 Å². The van der Waals surface area contributed by atoms with Gasteiger partial charge in [0.1, 0.15) is 11.8 Å². The van der Waals surface area contributed by atoms with Crippen molar-refractivity contribution in [2.45, 2.75) is 19.9 Å². The van der Waals surface area contributed by atoms with Crippen LogP contribution in [0.5, 0.6) is 0 Å². The number of aromatic nitrogens is 1. The molecule has 27 heavy (non-hydrogen) atoms. The molecule has 1 atom stereocenters. The van der Waals surface area contributed by atoms with E-state index in [0.717, 1.165) is 16.0 Å². The van der Waals surface area contributed by atoms with Crippen LogP contribution in [0.4, 0.5) is 5.13 Å². The number of amides is 1. The zero-order valence-corrected chi connectivity index (χ0v) is 16.3. The molecule has 0 saturated carbocycles. The SMILES string of the molecule is Cc1ccc(C)c(/C(O)=C2\C(=O)C(=O)N(c3nccs3)C2c2cccs2)c1. The molecule has 1 aromatic carbocycles. The van der Waals surface area contributed by atoms with Gasteiger partial charge < -0.3 is 5.11 Å². The number of benzene rings is 1. The Bertz CT molecular complexity index is 1050. The smallest absolute Gasteiger partial charge is 0.301 e. The number of carbonyl (C=O) groups is 2. The highest BCUT2D eigenvalue weighted by molar-refractivity contribution is 7.14. The third kappa shape index (κ3) is 2.89. The molecule has 2 aromatic heterocycles. The van der Waals surface area contributed by atoms with Crippen molar-refractivity contribution in [3.05, 3.63) is 74.4 Å². The van der Waals surface area contributed by atoms with Crippen molar-refractivity contribution < 1.29 is 14.7 Å². The minimum Gasteiger partial charge on any atom is -0.507 e. The van der Waals surface area contributed by atoms with Crippen molar-refractivity contribution in [3.63, 3.8) is 0 Å². The number of rotatable bonds is 3. The molecule has 0 radical (unpaired) electrons. The van der Waals surface area contributed by atoms with Crippen LogP contribution in [0, 0.1) is 13.8 Å². The zero-order valence-electron chi connectivity index (χ0n) is 14.7. The Morgan fingerprint density at radius 1 is 1.15 bits per heavy atom. The van der Waals surface area contributed by atoms with Gasteiger partial charge in [0.25, 0.3) is 5.78 Å². The minimum atomic E-state index is -0.693. The summed E-state index contributed by atoms with van der Waals surface area (Å²) in [6.45, 7) is 3.78. The first-order valence-corrected chi connectivity index (χ1v) is 10.1. The maximum atomic E-state index is 12.9. The van der Waals surface area contributed by atoms with Gasteiger partial charge >= 0.3 is 5.91 Å². The molecule has 1 N–H and O–H groups in total. The molecule has 4 rings (SSSR count). The van der Waals surface area contributed by atoms with Gasteiger partial charge in [-0.2, -0.15) is 0 Å². The lowest BCUT2D eigenvalue weighted by atomic mass is 9.96. The number of carbonyl (C=O) groups excluding carboxylic acids is 2. The number of aliphatic hydroxyl groups excluding tert-OH is 1. The Balaban J connectivity index is 1.96. The predicted molar refractivity (Wildman–Crippen MR) is 107 cm³/mol. The van der Waals surface area contributed by atoms with Crippen LogP contribution >= 0.6 is 22.7 Å². The number of Topliss-reactive ketones (excluding diaryl/α,β-unsaturated/α-hetero) is 1. The van der Waals surface area contributed by atoms with Gasteiger partial charge in [0, 0.05) is 22.0 Å². The highest BCUT2D eigenvalue weighted by Gasteiger charge is 2.48. The molecule has 3 heterocycles. The van der Waals surface area contributed by atoms with Crippen LogP contribution in [0.2, 0.25) is 0 Å². The Hall–Kier alpha value is -2.77. The summed E-state index contributed by atoms with van der Waals surface area (Å²) in [5, 5.41) is 15.1. The maximum Gasteiger partial charge on any atom is 0.301 e. The number of ketones is 1. The highest BCUT2D eigenvalue weighted by atomic mass is 32.1. The van der Waals surface area contributed by atoms with Gasteiger partial charge in [-0.25, -0.2) is 4.98 Å². The minimum absolute atomic E-state index is 0.103. The Morgan fingerprint density at radius 2 is 1.96 bits per heavy atom. The summed E-state index contributed by atoms with van der Waals surface area (Å²) in [7, 11) is 0. The second-order valence-corrected chi connectivity index (χ2v) is 8.17. The lowest BCUT2D eigenvalue weighted by molar-refractivity contribution is -0.132.